The molecule has 108 valence electrons. The standard InChI is InChI=1S/C12H17Br2NO3S/c1-4-18-12(2,3)8-15-19(16,17)11-6-5-9(13)7-10(11)14/h5-7,15H,4,8H2,1-3H3. The van der Waals surface area contributed by atoms with E-state index in [0.29, 0.717) is 11.1 Å². The molecule has 0 saturated carbocycles. The largest absolute Gasteiger partial charge is 0.375 e. The molecule has 1 aromatic rings. The number of benzene rings is 1. The van der Waals surface area contributed by atoms with Gasteiger partial charge in [0.1, 0.15) is 0 Å². The first kappa shape index (κ1) is 17.1. The number of rotatable bonds is 6. The second kappa shape index (κ2) is 6.67. The molecule has 0 aliphatic carbocycles. The van der Waals surface area contributed by atoms with E-state index in [1.54, 1.807) is 18.2 Å². The number of nitrogens with one attached hydrogen (secondary N) is 1. The van der Waals surface area contributed by atoms with Crippen LogP contribution in [-0.4, -0.2) is 27.2 Å². The van der Waals surface area contributed by atoms with Gasteiger partial charge >= 0.3 is 0 Å². The van der Waals surface area contributed by atoms with Crippen molar-refractivity contribution in [2.24, 2.45) is 0 Å². The maximum Gasteiger partial charge on any atom is 0.241 e. The van der Waals surface area contributed by atoms with Crippen LogP contribution in [0.5, 0.6) is 0 Å². The highest BCUT2D eigenvalue weighted by molar-refractivity contribution is 9.11. The first-order valence-electron chi connectivity index (χ1n) is 5.76. The average molecular weight is 415 g/mol. The Morgan fingerprint density at radius 1 is 1.32 bits per heavy atom. The van der Waals surface area contributed by atoms with Gasteiger partial charge in [0.15, 0.2) is 0 Å². The lowest BCUT2D eigenvalue weighted by Gasteiger charge is -2.24. The lowest BCUT2D eigenvalue weighted by molar-refractivity contribution is -0.00515. The van der Waals surface area contributed by atoms with Crippen LogP contribution in [0.2, 0.25) is 0 Å². The Kier molecular flexibility index (Phi) is 6.00. The van der Waals surface area contributed by atoms with Crippen molar-refractivity contribution < 1.29 is 13.2 Å². The summed E-state index contributed by atoms with van der Waals surface area (Å²) in [6.07, 6.45) is 0. The molecule has 0 aromatic heterocycles. The van der Waals surface area contributed by atoms with E-state index < -0.39 is 15.6 Å². The number of hydrogen-bond donors (Lipinski definition) is 1. The Morgan fingerprint density at radius 2 is 1.95 bits per heavy atom. The summed E-state index contributed by atoms with van der Waals surface area (Å²) in [6, 6.07) is 4.93. The van der Waals surface area contributed by atoms with E-state index in [0.717, 1.165) is 4.47 Å². The van der Waals surface area contributed by atoms with Crippen molar-refractivity contribution >= 4 is 41.9 Å². The van der Waals surface area contributed by atoms with Crippen LogP contribution < -0.4 is 4.72 Å². The maximum absolute atomic E-state index is 12.2. The zero-order valence-corrected chi connectivity index (χ0v) is 15.0. The molecular formula is C12H17Br2NO3S. The van der Waals surface area contributed by atoms with Crippen LogP contribution in [0.1, 0.15) is 20.8 Å². The highest BCUT2D eigenvalue weighted by Gasteiger charge is 2.23. The fraction of sp³-hybridized carbons (Fsp3) is 0.500. The Labute approximate surface area is 131 Å². The molecule has 0 radical (unpaired) electrons. The van der Waals surface area contributed by atoms with Gasteiger partial charge in [0.25, 0.3) is 0 Å². The van der Waals surface area contributed by atoms with Gasteiger partial charge in [0, 0.05) is 22.1 Å². The van der Waals surface area contributed by atoms with Gasteiger partial charge in [-0.2, -0.15) is 0 Å². The van der Waals surface area contributed by atoms with Crippen molar-refractivity contribution in [1.29, 1.82) is 0 Å². The van der Waals surface area contributed by atoms with Gasteiger partial charge in [-0.15, -0.1) is 0 Å². The van der Waals surface area contributed by atoms with Crippen molar-refractivity contribution in [3.63, 3.8) is 0 Å². The van der Waals surface area contributed by atoms with Crippen molar-refractivity contribution in [1.82, 2.24) is 4.72 Å². The van der Waals surface area contributed by atoms with Gasteiger partial charge in [0.05, 0.1) is 10.5 Å². The predicted molar refractivity (Wildman–Crippen MR) is 82.7 cm³/mol. The first-order valence-corrected chi connectivity index (χ1v) is 8.83. The molecule has 0 aliphatic heterocycles. The van der Waals surface area contributed by atoms with Crippen LogP contribution in [0, 0.1) is 0 Å². The third kappa shape index (κ3) is 5.15. The highest BCUT2D eigenvalue weighted by Crippen LogP contribution is 2.25. The molecule has 0 amide bonds. The van der Waals surface area contributed by atoms with Gasteiger partial charge in [-0.25, -0.2) is 13.1 Å². The number of sulfonamides is 1. The summed E-state index contributed by atoms with van der Waals surface area (Å²) in [5, 5.41) is 0. The number of halogens is 2. The minimum absolute atomic E-state index is 0.211. The summed E-state index contributed by atoms with van der Waals surface area (Å²) in [5.41, 5.74) is -0.538. The van der Waals surface area contributed by atoms with Gasteiger partial charge in [0.2, 0.25) is 10.0 Å². The fourth-order valence-corrected chi connectivity index (χ4v) is 4.42. The summed E-state index contributed by atoms with van der Waals surface area (Å²) in [7, 11) is -3.56. The normalized spacial score (nSPS) is 12.7. The molecule has 7 heteroatoms. The molecule has 1 N–H and O–H groups in total. The molecule has 0 spiro atoms. The quantitative estimate of drug-likeness (QED) is 0.776. The molecule has 1 aromatic carbocycles. The highest BCUT2D eigenvalue weighted by atomic mass is 79.9. The van der Waals surface area contributed by atoms with E-state index in [2.05, 4.69) is 36.6 Å². The minimum Gasteiger partial charge on any atom is -0.375 e. The topological polar surface area (TPSA) is 55.4 Å². The summed E-state index contributed by atoms with van der Waals surface area (Å²) in [6.45, 7) is 6.31. The third-order valence-corrected chi connectivity index (χ3v) is 5.28. The van der Waals surface area contributed by atoms with Crippen LogP contribution in [0.25, 0.3) is 0 Å². The van der Waals surface area contributed by atoms with Crippen LogP contribution in [0.4, 0.5) is 0 Å². The lowest BCUT2D eigenvalue weighted by Crippen LogP contribution is -2.40. The number of hydrogen-bond acceptors (Lipinski definition) is 3. The van der Waals surface area contributed by atoms with E-state index in [1.807, 2.05) is 20.8 Å². The number of ether oxygens (including phenoxy) is 1. The van der Waals surface area contributed by atoms with Crippen molar-refractivity contribution in [3.8, 4) is 0 Å². The molecule has 0 heterocycles. The van der Waals surface area contributed by atoms with Gasteiger partial charge in [-0.3, -0.25) is 0 Å². The third-order valence-electron chi connectivity index (χ3n) is 2.41. The zero-order valence-electron chi connectivity index (χ0n) is 11.0. The van der Waals surface area contributed by atoms with Crippen LogP contribution in [-0.2, 0) is 14.8 Å². The van der Waals surface area contributed by atoms with Crippen molar-refractivity contribution in [2.45, 2.75) is 31.3 Å². The maximum atomic E-state index is 12.2. The Bertz CT molecular complexity index is 544. The van der Waals surface area contributed by atoms with E-state index >= 15 is 0 Å². The van der Waals surface area contributed by atoms with E-state index in [-0.39, 0.29) is 11.4 Å². The molecule has 0 bridgehead atoms. The second-order valence-electron chi connectivity index (χ2n) is 4.59. The first-order chi connectivity index (χ1) is 8.68. The molecular weight excluding hydrogens is 398 g/mol. The lowest BCUT2D eigenvalue weighted by atomic mass is 10.1. The molecule has 0 unspecified atom stereocenters. The molecule has 0 saturated heterocycles. The van der Waals surface area contributed by atoms with Gasteiger partial charge in [-0.1, -0.05) is 15.9 Å². The minimum atomic E-state index is -3.56. The van der Waals surface area contributed by atoms with Gasteiger partial charge in [-0.05, 0) is 54.9 Å². The van der Waals surface area contributed by atoms with E-state index in [4.69, 9.17) is 4.74 Å². The molecule has 19 heavy (non-hydrogen) atoms. The SMILES string of the molecule is CCOC(C)(C)CNS(=O)(=O)c1ccc(Br)cc1Br. The average Bonchev–Trinajstić information content (AvgIpc) is 2.26. The van der Waals surface area contributed by atoms with E-state index in [1.165, 1.54) is 0 Å². The molecule has 0 aliphatic rings. The monoisotopic (exact) mass is 413 g/mol. The summed E-state index contributed by atoms with van der Waals surface area (Å²) in [4.78, 5) is 0.211. The molecule has 0 fully saturated rings. The van der Waals surface area contributed by atoms with Crippen LogP contribution in [0.15, 0.2) is 32.0 Å². The van der Waals surface area contributed by atoms with Crippen molar-refractivity contribution in [3.05, 3.63) is 27.1 Å². The van der Waals surface area contributed by atoms with Crippen LogP contribution >= 0.6 is 31.9 Å². The fourth-order valence-electron chi connectivity index (χ4n) is 1.48. The Balaban J connectivity index is 2.87. The zero-order chi connectivity index (χ0) is 14.7. The van der Waals surface area contributed by atoms with E-state index in [9.17, 15) is 8.42 Å². The molecule has 0 atom stereocenters. The smallest absolute Gasteiger partial charge is 0.241 e. The summed E-state index contributed by atoms with van der Waals surface area (Å²) in [5.74, 6) is 0. The van der Waals surface area contributed by atoms with Crippen LogP contribution in [0.3, 0.4) is 0 Å². The summed E-state index contributed by atoms with van der Waals surface area (Å²) >= 11 is 6.54. The Morgan fingerprint density at radius 3 is 2.47 bits per heavy atom. The molecule has 4 nitrogen and oxygen atoms in total. The van der Waals surface area contributed by atoms with Gasteiger partial charge < -0.3 is 4.74 Å². The summed E-state index contributed by atoms with van der Waals surface area (Å²) < 4.78 is 33.8. The Hall–Kier alpha value is 0.0500. The predicted octanol–water partition coefficient (Wildman–Crippen LogP) is 3.31. The van der Waals surface area contributed by atoms with Crippen molar-refractivity contribution in [2.75, 3.05) is 13.2 Å². The second-order valence-corrected chi connectivity index (χ2v) is 8.10. The molecule has 1 rings (SSSR count).